The van der Waals surface area contributed by atoms with E-state index in [4.69, 9.17) is 9.51 Å². The molecule has 0 aliphatic carbocycles. The van der Waals surface area contributed by atoms with Gasteiger partial charge in [0.1, 0.15) is 22.7 Å². The summed E-state index contributed by atoms with van der Waals surface area (Å²) in [7, 11) is 0. The predicted octanol–water partition coefficient (Wildman–Crippen LogP) is 5.76. The molecule has 1 aliphatic rings. The molecule has 0 bridgehead atoms. The average Bonchev–Trinajstić information content (AvgIpc) is 3.20. The third-order valence-electron chi connectivity index (χ3n) is 6.80. The fourth-order valence-corrected chi connectivity index (χ4v) is 4.87. The van der Waals surface area contributed by atoms with E-state index in [9.17, 15) is 28.1 Å². The largest absolute Gasteiger partial charge is 0.416 e. The molecule has 0 atom stereocenters. The van der Waals surface area contributed by atoms with E-state index in [0.29, 0.717) is 56.0 Å². The van der Waals surface area contributed by atoms with Crippen molar-refractivity contribution >= 4 is 28.5 Å². The lowest BCUT2D eigenvalue weighted by Crippen LogP contribution is -2.35. The molecule has 0 radical (unpaired) electrons. The number of halogens is 3. The zero-order chi connectivity index (χ0) is 29.3. The molecule has 2 aromatic heterocycles. The van der Waals surface area contributed by atoms with Crippen molar-refractivity contribution in [3.05, 3.63) is 75.6 Å². The second-order valence-corrected chi connectivity index (χ2v) is 10.3. The molecule has 0 N–H and O–H groups in total. The van der Waals surface area contributed by atoms with Gasteiger partial charge in [0.25, 0.3) is 17.3 Å². The molecule has 0 spiro atoms. The third kappa shape index (κ3) is 5.98. The molecule has 3 heterocycles. The second kappa shape index (κ2) is 11.1. The van der Waals surface area contributed by atoms with Crippen LogP contribution in [-0.2, 0) is 12.6 Å². The molecular formula is C28H27F3N6O4. The second-order valence-electron chi connectivity index (χ2n) is 10.3. The van der Waals surface area contributed by atoms with Crippen LogP contribution in [0, 0.1) is 16.0 Å². The summed E-state index contributed by atoms with van der Waals surface area (Å²) < 4.78 is 45.9. The Hall–Kier alpha value is -4.55. The lowest BCUT2D eigenvalue weighted by Gasteiger charge is -2.24. The van der Waals surface area contributed by atoms with Gasteiger partial charge in [-0.2, -0.15) is 18.2 Å². The van der Waals surface area contributed by atoms with Crippen LogP contribution in [0.3, 0.4) is 0 Å². The number of aromatic nitrogens is 3. The number of fused-ring (bicyclic) bond motifs is 1. The number of carbonyl (C=O) groups excluding carboxylic acids is 1. The zero-order valence-electron chi connectivity index (χ0n) is 22.4. The fraction of sp³-hybridized carbons (Fsp3) is 0.357. The summed E-state index contributed by atoms with van der Waals surface area (Å²) in [4.78, 5) is 36.8. The topological polar surface area (TPSA) is 118 Å². The molecular weight excluding hydrogens is 541 g/mol. The highest BCUT2D eigenvalue weighted by Gasteiger charge is 2.32. The number of amides is 1. The van der Waals surface area contributed by atoms with Crippen LogP contribution in [0.1, 0.15) is 42.0 Å². The smallest absolute Gasteiger partial charge is 0.354 e. The van der Waals surface area contributed by atoms with Gasteiger partial charge in [-0.15, -0.1) is 0 Å². The van der Waals surface area contributed by atoms with Gasteiger partial charge in [-0.1, -0.05) is 37.2 Å². The first-order valence-corrected chi connectivity index (χ1v) is 13.1. The van der Waals surface area contributed by atoms with E-state index in [1.165, 1.54) is 30.3 Å². The predicted molar refractivity (Wildman–Crippen MR) is 144 cm³/mol. The highest BCUT2D eigenvalue weighted by molar-refractivity contribution is 5.98. The molecule has 214 valence electrons. The molecule has 1 amide bonds. The van der Waals surface area contributed by atoms with Crippen LogP contribution >= 0.6 is 0 Å². The van der Waals surface area contributed by atoms with Crippen LogP contribution in [0.2, 0.25) is 0 Å². The van der Waals surface area contributed by atoms with Crippen molar-refractivity contribution in [3.63, 3.8) is 0 Å². The number of hydrogen-bond acceptors (Lipinski definition) is 8. The van der Waals surface area contributed by atoms with E-state index in [1.54, 1.807) is 11.0 Å². The van der Waals surface area contributed by atoms with E-state index < -0.39 is 16.7 Å². The summed E-state index contributed by atoms with van der Waals surface area (Å²) >= 11 is 0. The standard InChI is InChI=1S/C28H27F3N6O4/c1-17(2)14-22-32-25(23-24(34-41-26(23)33-22)18-6-3-8-20(15-18)28(29,30)31)35-10-5-11-36(13-12-35)27(38)19-7-4-9-21(16-19)37(39)40/h3-4,6-9,15-17H,5,10-14H2,1-2H3. The fourth-order valence-electron chi connectivity index (χ4n) is 4.87. The summed E-state index contributed by atoms with van der Waals surface area (Å²) in [5.41, 5.74) is -0.157. The van der Waals surface area contributed by atoms with E-state index in [2.05, 4.69) is 10.1 Å². The summed E-state index contributed by atoms with van der Waals surface area (Å²) in [5.74, 6) is 0.906. The number of rotatable bonds is 6. The van der Waals surface area contributed by atoms with Crippen molar-refractivity contribution in [1.82, 2.24) is 20.0 Å². The number of non-ortho nitro benzene ring substituents is 1. The van der Waals surface area contributed by atoms with Gasteiger partial charge in [0, 0.05) is 55.9 Å². The number of anilines is 1. The third-order valence-corrected chi connectivity index (χ3v) is 6.80. The number of hydrogen-bond donors (Lipinski definition) is 0. The van der Waals surface area contributed by atoms with Crippen molar-refractivity contribution in [2.45, 2.75) is 32.9 Å². The van der Waals surface area contributed by atoms with Crippen molar-refractivity contribution < 1.29 is 27.4 Å². The number of benzene rings is 2. The molecule has 2 aromatic carbocycles. The van der Waals surface area contributed by atoms with Crippen LogP contribution in [0.4, 0.5) is 24.7 Å². The Labute approximate surface area is 232 Å². The monoisotopic (exact) mass is 568 g/mol. The van der Waals surface area contributed by atoms with Gasteiger partial charge < -0.3 is 14.3 Å². The molecule has 41 heavy (non-hydrogen) atoms. The molecule has 0 unspecified atom stereocenters. The maximum absolute atomic E-state index is 13.5. The van der Waals surface area contributed by atoms with Gasteiger partial charge in [0.15, 0.2) is 0 Å². The first-order valence-electron chi connectivity index (χ1n) is 13.1. The number of nitro groups is 1. The number of nitrogens with zero attached hydrogens (tertiary/aromatic N) is 6. The molecule has 13 heteroatoms. The van der Waals surface area contributed by atoms with Crippen molar-refractivity contribution in [2.24, 2.45) is 5.92 Å². The van der Waals surface area contributed by atoms with Gasteiger partial charge in [-0.05, 0) is 30.5 Å². The summed E-state index contributed by atoms with van der Waals surface area (Å²) in [6.45, 7) is 5.61. The number of carbonyl (C=O) groups is 1. The highest BCUT2D eigenvalue weighted by Crippen LogP contribution is 2.37. The quantitative estimate of drug-likeness (QED) is 0.213. The van der Waals surface area contributed by atoms with Gasteiger partial charge in [-0.25, -0.2) is 4.98 Å². The van der Waals surface area contributed by atoms with E-state index in [1.807, 2.05) is 18.7 Å². The van der Waals surface area contributed by atoms with Gasteiger partial charge in [0.05, 0.1) is 10.5 Å². The van der Waals surface area contributed by atoms with Crippen molar-refractivity contribution in [2.75, 3.05) is 31.1 Å². The van der Waals surface area contributed by atoms with E-state index in [-0.39, 0.29) is 40.0 Å². The van der Waals surface area contributed by atoms with E-state index >= 15 is 0 Å². The first-order chi connectivity index (χ1) is 19.5. The highest BCUT2D eigenvalue weighted by atomic mass is 19.4. The van der Waals surface area contributed by atoms with Gasteiger partial charge in [0.2, 0.25) is 0 Å². The van der Waals surface area contributed by atoms with Crippen LogP contribution in [0.5, 0.6) is 0 Å². The Morgan fingerprint density at radius 1 is 1.07 bits per heavy atom. The Morgan fingerprint density at radius 2 is 1.85 bits per heavy atom. The normalized spacial score (nSPS) is 14.5. The van der Waals surface area contributed by atoms with Crippen molar-refractivity contribution in [1.29, 1.82) is 0 Å². The summed E-state index contributed by atoms with van der Waals surface area (Å²) in [6, 6.07) is 10.5. The summed E-state index contributed by atoms with van der Waals surface area (Å²) in [6.07, 6.45) is -3.41. The van der Waals surface area contributed by atoms with Crippen LogP contribution in [0.15, 0.2) is 53.1 Å². The molecule has 4 aromatic rings. The Balaban J connectivity index is 1.50. The minimum atomic E-state index is -4.53. The minimum absolute atomic E-state index is 0.164. The molecule has 5 rings (SSSR count). The summed E-state index contributed by atoms with van der Waals surface area (Å²) in [5, 5.41) is 15.7. The number of nitro benzene ring substituents is 1. The Kier molecular flexibility index (Phi) is 7.61. The molecule has 0 saturated carbocycles. The van der Waals surface area contributed by atoms with Crippen molar-refractivity contribution in [3.8, 4) is 11.3 Å². The van der Waals surface area contributed by atoms with E-state index in [0.717, 1.165) is 12.1 Å². The first kappa shape index (κ1) is 28.0. The Morgan fingerprint density at radius 3 is 2.59 bits per heavy atom. The van der Waals surface area contributed by atoms with Gasteiger partial charge >= 0.3 is 6.18 Å². The zero-order valence-corrected chi connectivity index (χ0v) is 22.4. The number of alkyl halides is 3. The van der Waals surface area contributed by atoms with Crippen LogP contribution in [0.25, 0.3) is 22.4 Å². The van der Waals surface area contributed by atoms with Gasteiger partial charge in [-0.3, -0.25) is 14.9 Å². The van der Waals surface area contributed by atoms with Crippen LogP contribution in [-0.4, -0.2) is 57.0 Å². The molecule has 10 nitrogen and oxygen atoms in total. The SMILES string of the molecule is CC(C)Cc1nc(N2CCCN(C(=O)c3cccc([N+](=O)[O-])c3)CC2)c2c(-c3cccc(C(F)(F)F)c3)noc2n1. The minimum Gasteiger partial charge on any atom is -0.354 e. The molecule has 1 aliphatic heterocycles. The maximum Gasteiger partial charge on any atom is 0.416 e. The molecule has 1 saturated heterocycles. The molecule has 1 fully saturated rings. The lowest BCUT2D eigenvalue weighted by atomic mass is 10.1. The average molecular weight is 569 g/mol. The van der Waals surface area contributed by atoms with Crippen LogP contribution < -0.4 is 4.90 Å². The Bertz CT molecular complexity index is 1600. The lowest BCUT2D eigenvalue weighted by molar-refractivity contribution is -0.384. The maximum atomic E-state index is 13.5.